The normalized spacial score (nSPS) is 20.8. The van der Waals surface area contributed by atoms with Crippen molar-refractivity contribution in [2.24, 2.45) is 0 Å². The van der Waals surface area contributed by atoms with Crippen molar-refractivity contribution in [2.45, 2.75) is 25.8 Å². The van der Waals surface area contributed by atoms with Crippen LogP contribution in [0.4, 0.5) is 0 Å². The number of carbonyl (C=O) groups excluding carboxylic acids is 1. The molecule has 1 aromatic carbocycles. The third-order valence-corrected chi connectivity index (χ3v) is 5.27. The molecule has 2 fully saturated rings. The molecule has 1 aromatic rings. The molecule has 5 nitrogen and oxygen atoms in total. The van der Waals surface area contributed by atoms with Gasteiger partial charge >= 0.3 is 0 Å². The number of hydrogen-bond donors (Lipinski definition) is 0. The molecule has 1 amide bonds. The van der Waals surface area contributed by atoms with E-state index in [0.29, 0.717) is 12.1 Å². The van der Waals surface area contributed by atoms with Gasteiger partial charge in [0, 0.05) is 32.2 Å². The zero-order valence-corrected chi connectivity index (χ0v) is 14.4. The summed E-state index contributed by atoms with van der Waals surface area (Å²) in [5, 5.41) is 9.06. The van der Waals surface area contributed by atoms with Gasteiger partial charge in [-0.3, -0.25) is 14.6 Å². The molecule has 2 aliphatic rings. The molecule has 0 radical (unpaired) electrons. The van der Waals surface area contributed by atoms with E-state index in [0.717, 1.165) is 39.3 Å². The molecule has 3 rings (SSSR count). The largest absolute Gasteiger partial charge is 0.339 e. The number of nitrogens with zero attached hydrogens (tertiary/aromatic N) is 4. The minimum Gasteiger partial charge on any atom is -0.339 e. The van der Waals surface area contributed by atoms with Gasteiger partial charge in [-0.25, -0.2) is 0 Å². The highest BCUT2D eigenvalue weighted by molar-refractivity contribution is 5.78. The van der Waals surface area contributed by atoms with E-state index in [2.05, 4.69) is 28.9 Å². The van der Waals surface area contributed by atoms with Crippen LogP contribution >= 0.6 is 0 Å². The molecule has 2 aliphatic heterocycles. The van der Waals surface area contributed by atoms with Gasteiger partial charge < -0.3 is 4.90 Å². The number of likely N-dealkylation sites (tertiary alicyclic amines) is 1. The lowest BCUT2D eigenvalue weighted by Gasteiger charge is -2.38. The molecule has 2 heterocycles. The Morgan fingerprint density at radius 2 is 1.88 bits per heavy atom. The summed E-state index contributed by atoms with van der Waals surface area (Å²) in [6.07, 6.45) is 2.45. The summed E-state index contributed by atoms with van der Waals surface area (Å²) in [5.41, 5.74) is 1.88. The first-order chi connectivity index (χ1) is 11.7. The first-order valence-corrected chi connectivity index (χ1v) is 8.91. The molecule has 0 bridgehead atoms. The Morgan fingerprint density at radius 1 is 1.17 bits per heavy atom. The van der Waals surface area contributed by atoms with Crippen molar-refractivity contribution in [1.29, 1.82) is 5.26 Å². The number of hydrogen-bond acceptors (Lipinski definition) is 4. The molecule has 0 spiro atoms. The van der Waals surface area contributed by atoms with Crippen LogP contribution in [0, 0.1) is 11.3 Å². The Labute approximate surface area is 144 Å². The second kappa shape index (κ2) is 7.78. The maximum atomic E-state index is 12.4. The molecule has 0 N–H and O–H groups in total. The van der Waals surface area contributed by atoms with Crippen LogP contribution in [0.5, 0.6) is 0 Å². The summed E-state index contributed by atoms with van der Waals surface area (Å²) in [4.78, 5) is 19.1. The minimum atomic E-state index is 0.272. The Balaban J connectivity index is 1.52. The second-order valence-corrected chi connectivity index (χ2v) is 6.81. The number of benzene rings is 1. The van der Waals surface area contributed by atoms with E-state index in [1.54, 1.807) is 0 Å². The van der Waals surface area contributed by atoms with E-state index in [-0.39, 0.29) is 11.9 Å². The summed E-state index contributed by atoms with van der Waals surface area (Å²) in [6.45, 7) is 8.28. The van der Waals surface area contributed by atoms with E-state index in [9.17, 15) is 4.79 Å². The van der Waals surface area contributed by atoms with Crippen molar-refractivity contribution in [2.75, 3.05) is 45.8 Å². The number of nitriles is 1. The predicted molar refractivity (Wildman–Crippen MR) is 93.4 cm³/mol. The summed E-state index contributed by atoms with van der Waals surface area (Å²) < 4.78 is 0. The van der Waals surface area contributed by atoms with Gasteiger partial charge in [0.2, 0.25) is 5.91 Å². The molecule has 0 aromatic heterocycles. The van der Waals surface area contributed by atoms with Gasteiger partial charge in [-0.1, -0.05) is 12.1 Å². The average Bonchev–Trinajstić information content (AvgIpc) is 3.14. The summed E-state index contributed by atoms with van der Waals surface area (Å²) in [5.74, 6) is 0.274. The fraction of sp³-hybridized carbons (Fsp3) is 0.579. The summed E-state index contributed by atoms with van der Waals surface area (Å²) in [7, 11) is 0. The zero-order chi connectivity index (χ0) is 16.9. The standard InChI is InChI=1S/C19H26N4O/c1-16(18-6-4-5-17(13-18)14-20)22-9-11-23(12-10-22)19(24)15-21-7-2-3-8-21/h4-6,13,16H,2-3,7-12,15H2,1H3. The third kappa shape index (κ3) is 3.95. The van der Waals surface area contributed by atoms with Gasteiger partial charge in [-0.15, -0.1) is 0 Å². The van der Waals surface area contributed by atoms with Crippen molar-refractivity contribution in [1.82, 2.24) is 14.7 Å². The van der Waals surface area contributed by atoms with Gasteiger partial charge in [0.25, 0.3) is 0 Å². The SMILES string of the molecule is CC(c1cccc(C#N)c1)N1CCN(C(=O)CN2CCCC2)CC1. The molecule has 5 heteroatoms. The van der Waals surface area contributed by atoms with Gasteiger partial charge in [-0.05, 0) is 50.6 Å². The number of piperazine rings is 1. The summed E-state index contributed by atoms with van der Waals surface area (Å²) in [6, 6.07) is 10.3. The van der Waals surface area contributed by atoms with Gasteiger partial charge in [0.1, 0.15) is 0 Å². The van der Waals surface area contributed by atoms with Crippen LogP contribution in [0.15, 0.2) is 24.3 Å². The van der Waals surface area contributed by atoms with Crippen molar-refractivity contribution in [3.8, 4) is 6.07 Å². The van der Waals surface area contributed by atoms with Crippen molar-refractivity contribution < 1.29 is 4.79 Å². The molecule has 1 unspecified atom stereocenters. The monoisotopic (exact) mass is 326 g/mol. The first-order valence-electron chi connectivity index (χ1n) is 8.91. The lowest BCUT2D eigenvalue weighted by molar-refractivity contribution is -0.134. The lowest BCUT2D eigenvalue weighted by atomic mass is 10.0. The van der Waals surface area contributed by atoms with Crippen molar-refractivity contribution in [3.05, 3.63) is 35.4 Å². The van der Waals surface area contributed by atoms with Crippen LogP contribution in [0.25, 0.3) is 0 Å². The number of carbonyl (C=O) groups is 1. The average molecular weight is 326 g/mol. The fourth-order valence-corrected chi connectivity index (χ4v) is 3.67. The Hall–Kier alpha value is -1.90. The Bertz CT molecular complexity index is 610. The number of rotatable bonds is 4. The van der Waals surface area contributed by atoms with E-state index >= 15 is 0 Å². The van der Waals surface area contributed by atoms with Gasteiger partial charge in [-0.2, -0.15) is 5.26 Å². The quantitative estimate of drug-likeness (QED) is 0.847. The van der Waals surface area contributed by atoms with E-state index < -0.39 is 0 Å². The Kier molecular flexibility index (Phi) is 5.49. The lowest BCUT2D eigenvalue weighted by Crippen LogP contribution is -2.51. The van der Waals surface area contributed by atoms with Crippen LogP contribution in [0.3, 0.4) is 0 Å². The molecule has 0 saturated carbocycles. The van der Waals surface area contributed by atoms with Crippen LogP contribution in [0.2, 0.25) is 0 Å². The molecule has 1 atom stereocenters. The van der Waals surface area contributed by atoms with Crippen LogP contribution in [0.1, 0.15) is 36.9 Å². The molecule has 128 valence electrons. The second-order valence-electron chi connectivity index (χ2n) is 6.81. The maximum absolute atomic E-state index is 12.4. The smallest absolute Gasteiger partial charge is 0.236 e. The van der Waals surface area contributed by atoms with E-state index in [4.69, 9.17) is 5.26 Å². The minimum absolute atomic E-state index is 0.272. The van der Waals surface area contributed by atoms with E-state index in [1.807, 2.05) is 23.1 Å². The van der Waals surface area contributed by atoms with Gasteiger partial charge in [0.05, 0.1) is 18.2 Å². The fourth-order valence-electron chi connectivity index (χ4n) is 3.67. The molecule has 0 aliphatic carbocycles. The van der Waals surface area contributed by atoms with Crippen molar-refractivity contribution in [3.63, 3.8) is 0 Å². The first kappa shape index (κ1) is 16.9. The highest BCUT2D eigenvalue weighted by atomic mass is 16.2. The van der Waals surface area contributed by atoms with Crippen molar-refractivity contribution >= 4 is 5.91 Å². The van der Waals surface area contributed by atoms with Crippen LogP contribution < -0.4 is 0 Å². The summed E-state index contributed by atoms with van der Waals surface area (Å²) >= 11 is 0. The molecule has 24 heavy (non-hydrogen) atoms. The molecular formula is C19H26N4O. The highest BCUT2D eigenvalue weighted by Gasteiger charge is 2.26. The number of amides is 1. The Morgan fingerprint density at radius 3 is 2.54 bits per heavy atom. The maximum Gasteiger partial charge on any atom is 0.236 e. The third-order valence-electron chi connectivity index (χ3n) is 5.27. The zero-order valence-electron chi connectivity index (χ0n) is 14.4. The van der Waals surface area contributed by atoms with Crippen LogP contribution in [-0.2, 0) is 4.79 Å². The molecular weight excluding hydrogens is 300 g/mol. The molecule has 2 saturated heterocycles. The van der Waals surface area contributed by atoms with Crippen LogP contribution in [-0.4, -0.2) is 66.4 Å². The van der Waals surface area contributed by atoms with E-state index in [1.165, 1.54) is 18.4 Å². The van der Waals surface area contributed by atoms with Gasteiger partial charge in [0.15, 0.2) is 0 Å². The predicted octanol–water partition coefficient (Wildman–Crippen LogP) is 1.86. The highest BCUT2D eigenvalue weighted by Crippen LogP contribution is 2.22. The topological polar surface area (TPSA) is 50.6 Å².